The Morgan fingerprint density at radius 2 is 2.13 bits per heavy atom. The molecule has 0 fully saturated rings. The largest absolute Gasteiger partial charge is 0.497 e. The first-order chi connectivity index (χ1) is 11.2. The lowest BCUT2D eigenvalue weighted by Crippen LogP contribution is -2.25. The van der Waals surface area contributed by atoms with E-state index in [0.29, 0.717) is 22.9 Å². The predicted octanol–water partition coefficient (Wildman–Crippen LogP) is 3.80. The van der Waals surface area contributed by atoms with E-state index in [1.807, 2.05) is 30.5 Å². The molecule has 4 nitrogen and oxygen atoms in total. The van der Waals surface area contributed by atoms with Crippen molar-refractivity contribution in [3.05, 3.63) is 64.8 Å². The van der Waals surface area contributed by atoms with E-state index in [0.717, 1.165) is 22.9 Å². The van der Waals surface area contributed by atoms with Gasteiger partial charge in [-0.2, -0.15) is 0 Å². The number of hydrogen-bond acceptors (Lipinski definition) is 2. The minimum atomic E-state index is -0.105. The molecule has 0 spiro atoms. The molecule has 5 heteroatoms. The highest BCUT2D eigenvalue weighted by Gasteiger charge is 2.08. The van der Waals surface area contributed by atoms with Crippen LogP contribution >= 0.6 is 11.6 Å². The Balaban J connectivity index is 1.63. The molecule has 3 aromatic rings. The average Bonchev–Trinajstić information content (AvgIpc) is 2.97. The maximum absolute atomic E-state index is 12.2. The molecule has 2 N–H and O–H groups in total. The summed E-state index contributed by atoms with van der Waals surface area (Å²) in [5.41, 5.74) is 2.75. The standard InChI is InChI=1S/C18H17ClN2O2/c1-23-15-4-2-3-12(9-15)18(22)20-8-7-13-11-21-17-10-14(19)5-6-16(13)17/h2-6,9-11,21H,7-8H2,1H3,(H,20,22). The van der Waals surface area contributed by atoms with Gasteiger partial charge in [0.2, 0.25) is 0 Å². The van der Waals surface area contributed by atoms with E-state index in [9.17, 15) is 4.79 Å². The van der Waals surface area contributed by atoms with Crippen LogP contribution in [0.15, 0.2) is 48.7 Å². The van der Waals surface area contributed by atoms with Crippen LogP contribution in [0.2, 0.25) is 5.02 Å². The lowest BCUT2D eigenvalue weighted by molar-refractivity contribution is 0.0954. The molecule has 0 saturated heterocycles. The molecule has 0 unspecified atom stereocenters. The Morgan fingerprint density at radius 3 is 2.96 bits per heavy atom. The number of methoxy groups -OCH3 is 1. The van der Waals surface area contributed by atoms with Gasteiger partial charge in [0.05, 0.1) is 7.11 Å². The fourth-order valence-electron chi connectivity index (χ4n) is 2.54. The molecule has 0 aliphatic carbocycles. The first-order valence-electron chi connectivity index (χ1n) is 7.35. The highest BCUT2D eigenvalue weighted by Crippen LogP contribution is 2.22. The molecule has 23 heavy (non-hydrogen) atoms. The third-order valence-electron chi connectivity index (χ3n) is 3.74. The second-order valence-corrected chi connectivity index (χ2v) is 5.68. The van der Waals surface area contributed by atoms with Gasteiger partial charge in [-0.15, -0.1) is 0 Å². The van der Waals surface area contributed by atoms with Crippen molar-refractivity contribution in [1.29, 1.82) is 0 Å². The number of carbonyl (C=O) groups excluding carboxylic acids is 1. The molecule has 118 valence electrons. The van der Waals surface area contributed by atoms with Gasteiger partial charge in [0.15, 0.2) is 0 Å². The van der Waals surface area contributed by atoms with E-state index in [4.69, 9.17) is 16.3 Å². The monoisotopic (exact) mass is 328 g/mol. The van der Waals surface area contributed by atoms with E-state index < -0.39 is 0 Å². The van der Waals surface area contributed by atoms with Gasteiger partial charge in [-0.1, -0.05) is 23.7 Å². The summed E-state index contributed by atoms with van der Waals surface area (Å²) < 4.78 is 5.13. The number of nitrogens with one attached hydrogen (secondary N) is 2. The molecule has 1 heterocycles. The number of benzene rings is 2. The number of H-pyrrole nitrogens is 1. The highest BCUT2D eigenvalue weighted by atomic mass is 35.5. The van der Waals surface area contributed by atoms with Gasteiger partial charge in [0, 0.05) is 34.2 Å². The van der Waals surface area contributed by atoms with Gasteiger partial charge in [0.25, 0.3) is 5.91 Å². The summed E-state index contributed by atoms with van der Waals surface area (Å²) in [7, 11) is 1.58. The zero-order valence-electron chi connectivity index (χ0n) is 12.7. The summed E-state index contributed by atoms with van der Waals surface area (Å²) in [4.78, 5) is 15.4. The molecule has 1 aromatic heterocycles. The van der Waals surface area contributed by atoms with Crippen molar-refractivity contribution in [2.45, 2.75) is 6.42 Å². The Bertz CT molecular complexity index is 842. The topological polar surface area (TPSA) is 54.1 Å². The second-order valence-electron chi connectivity index (χ2n) is 5.24. The number of hydrogen-bond donors (Lipinski definition) is 2. The van der Waals surface area contributed by atoms with Crippen LogP contribution in [-0.2, 0) is 6.42 Å². The van der Waals surface area contributed by atoms with Crippen molar-refractivity contribution in [3.8, 4) is 5.75 Å². The summed E-state index contributed by atoms with van der Waals surface area (Å²) >= 11 is 5.98. The molecule has 2 aromatic carbocycles. The zero-order chi connectivity index (χ0) is 16.2. The van der Waals surface area contributed by atoms with Crippen molar-refractivity contribution < 1.29 is 9.53 Å². The number of amides is 1. The van der Waals surface area contributed by atoms with E-state index >= 15 is 0 Å². The van der Waals surface area contributed by atoms with Crippen LogP contribution in [0.1, 0.15) is 15.9 Å². The first-order valence-corrected chi connectivity index (χ1v) is 7.73. The minimum Gasteiger partial charge on any atom is -0.497 e. The quantitative estimate of drug-likeness (QED) is 0.748. The maximum atomic E-state index is 12.2. The molecule has 3 rings (SSSR count). The third-order valence-corrected chi connectivity index (χ3v) is 3.98. The summed E-state index contributed by atoms with van der Waals surface area (Å²) in [6.45, 7) is 0.561. The fourth-order valence-corrected chi connectivity index (χ4v) is 2.71. The number of aromatic nitrogens is 1. The Labute approximate surface area is 139 Å². The molecule has 0 aliphatic rings. The van der Waals surface area contributed by atoms with Crippen LogP contribution in [0, 0.1) is 0 Å². The SMILES string of the molecule is COc1cccc(C(=O)NCCc2c[nH]c3cc(Cl)ccc23)c1. The lowest BCUT2D eigenvalue weighted by atomic mass is 10.1. The van der Waals surface area contributed by atoms with Crippen LogP contribution in [0.4, 0.5) is 0 Å². The van der Waals surface area contributed by atoms with Gasteiger partial charge < -0.3 is 15.0 Å². The average molecular weight is 329 g/mol. The van der Waals surface area contributed by atoms with Crippen molar-refractivity contribution >= 4 is 28.4 Å². The Hall–Kier alpha value is -2.46. The van der Waals surface area contributed by atoms with Gasteiger partial charge in [0.1, 0.15) is 5.75 Å². The van der Waals surface area contributed by atoms with Crippen LogP contribution in [0.25, 0.3) is 10.9 Å². The fraction of sp³-hybridized carbons (Fsp3) is 0.167. The smallest absolute Gasteiger partial charge is 0.251 e. The Kier molecular flexibility index (Phi) is 4.53. The van der Waals surface area contributed by atoms with Crippen molar-refractivity contribution in [1.82, 2.24) is 10.3 Å². The highest BCUT2D eigenvalue weighted by molar-refractivity contribution is 6.31. The molecule has 0 aliphatic heterocycles. The first kappa shape index (κ1) is 15.4. The lowest BCUT2D eigenvalue weighted by Gasteiger charge is -2.06. The molecular formula is C18H17ClN2O2. The van der Waals surface area contributed by atoms with Crippen LogP contribution < -0.4 is 10.1 Å². The van der Waals surface area contributed by atoms with Gasteiger partial charge in [-0.05, 0) is 42.3 Å². The predicted molar refractivity (Wildman–Crippen MR) is 92.3 cm³/mol. The van der Waals surface area contributed by atoms with Crippen LogP contribution in [0.3, 0.4) is 0 Å². The van der Waals surface area contributed by atoms with E-state index in [2.05, 4.69) is 10.3 Å². The van der Waals surface area contributed by atoms with Gasteiger partial charge in [-0.25, -0.2) is 0 Å². The van der Waals surface area contributed by atoms with Crippen LogP contribution in [-0.4, -0.2) is 24.5 Å². The van der Waals surface area contributed by atoms with Gasteiger partial charge >= 0.3 is 0 Å². The molecular weight excluding hydrogens is 312 g/mol. The number of fused-ring (bicyclic) bond motifs is 1. The number of carbonyl (C=O) groups is 1. The maximum Gasteiger partial charge on any atom is 0.251 e. The molecule has 1 amide bonds. The number of aromatic amines is 1. The zero-order valence-corrected chi connectivity index (χ0v) is 13.5. The summed E-state index contributed by atoms with van der Waals surface area (Å²) in [6.07, 6.45) is 2.70. The van der Waals surface area contributed by atoms with Crippen molar-refractivity contribution in [3.63, 3.8) is 0 Å². The van der Waals surface area contributed by atoms with Gasteiger partial charge in [-0.3, -0.25) is 4.79 Å². The molecule has 0 radical (unpaired) electrons. The van der Waals surface area contributed by atoms with Crippen molar-refractivity contribution in [2.75, 3.05) is 13.7 Å². The third kappa shape index (κ3) is 3.48. The number of rotatable bonds is 5. The van der Waals surface area contributed by atoms with E-state index in [1.165, 1.54) is 0 Å². The number of ether oxygens (including phenoxy) is 1. The molecule has 0 bridgehead atoms. The molecule has 0 saturated carbocycles. The molecule has 0 atom stereocenters. The normalized spacial score (nSPS) is 10.7. The number of halogens is 1. The summed E-state index contributed by atoms with van der Waals surface area (Å²) in [5, 5.41) is 4.77. The summed E-state index contributed by atoms with van der Waals surface area (Å²) in [6, 6.07) is 12.9. The van der Waals surface area contributed by atoms with E-state index in [-0.39, 0.29) is 5.91 Å². The van der Waals surface area contributed by atoms with E-state index in [1.54, 1.807) is 25.3 Å². The van der Waals surface area contributed by atoms with Crippen LogP contribution in [0.5, 0.6) is 5.75 Å². The minimum absolute atomic E-state index is 0.105. The summed E-state index contributed by atoms with van der Waals surface area (Å²) in [5.74, 6) is 0.568. The second kappa shape index (κ2) is 6.75. The Morgan fingerprint density at radius 1 is 1.26 bits per heavy atom. The van der Waals surface area contributed by atoms with Crippen molar-refractivity contribution in [2.24, 2.45) is 0 Å².